The zero-order valence-electron chi connectivity index (χ0n) is 10.3. The van der Waals surface area contributed by atoms with E-state index in [1.807, 2.05) is 0 Å². The second-order valence-electron chi connectivity index (χ2n) is 4.40. The van der Waals surface area contributed by atoms with Crippen molar-refractivity contribution in [1.29, 1.82) is 0 Å². The molecule has 5 heteroatoms. The number of rotatable bonds is 4. The number of benzene rings is 1. The third-order valence-electron chi connectivity index (χ3n) is 2.75. The van der Waals surface area contributed by atoms with Gasteiger partial charge in [0.25, 0.3) is 0 Å². The van der Waals surface area contributed by atoms with Crippen LogP contribution in [0, 0.1) is 5.82 Å². The molecule has 0 fully saturated rings. The van der Waals surface area contributed by atoms with Crippen LogP contribution in [0.5, 0.6) is 0 Å². The molecule has 2 aromatic rings. The van der Waals surface area contributed by atoms with Gasteiger partial charge in [-0.2, -0.15) is 0 Å². The predicted molar refractivity (Wildman–Crippen MR) is 74.0 cm³/mol. The topological polar surface area (TPSA) is 31.9 Å². The molecule has 96 valence electrons. The Labute approximate surface area is 114 Å². The molecule has 0 radical (unpaired) electrons. The van der Waals surface area contributed by atoms with Crippen LogP contribution < -0.4 is 4.90 Å². The first-order chi connectivity index (χ1) is 8.58. The Morgan fingerprint density at radius 3 is 2.78 bits per heavy atom. The fraction of sp³-hybridized carbons (Fsp3) is 0.308. The van der Waals surface area contributed by atoms with E-state index >= 15 is 0 Å². The van der Waals surface area contributed by atoms with Gasteiger partial charge >= 0.3 is 0 Å². The highest BCUT2D eigenvalue weighted by Crippen LogP contribution is 2.25. The maximum absolute atomic E-state index is 13.3. The summed E-state index contributed by atoms with van der Waals surface area (Å²) in [6, 6.07) is 5.37. The third kappa shape index (κ3) is 2.90. The van der Waals surface area contributed by atoms with Crippen molar-refractivity contribution in [2.24, 2.45) is 0 Å². The summed E-state index contributed by atoms with van der Waals surface area (Å²) in [5.74, 6) is -0.246. The van der Waals surface area contributed by atoms with Gasteiger partial charge in [0, 0.05) is 17.9 Å². The molecule has 0 aliphatic rings. The molecule has 3 nitrogen and oxygen atoms in total. The first-order valence-corrected chi connectivity index (χ1v) is 6.56. The second kappa shape index (κ2) is 5.52. The molecule has 0 saturated carbocycles. The largest absolute Gasteiger partial charge is 0.363 e. The summed E-state index contributed by atoms with van der Waals surface area (Å²) >= 11 is 3.22. The lowest BCUT2D eigenvalue weighted by atomic mass is 10.2. The Bertz CT molecular complexity index is 511. The summed E-state index contributed by atoms with van der Waals surface area (Å²) in [5.41, 5.74) is 2.01. The van der Waals surface area contributed by atoms with E-state index in [0.717, 1.165) is 17.9 Å². The monoisotopic (exact) mass is 311 g/mol. The SMILES string of the molecule is CC(C)N(Cc1cnc[nH]1)c1ccc(F)c(Br)c1. The van der Waals surface area contributed by atoms with Crippen molar-refractivity contribution in [2.45, 2.75) is 26.4 Å². The number of nitrogens with zero attached hydrogens (tertiary/aromatic N) is 2. The number of nitrogens with one attached hydrogen (secondary N) is 1. The van der Waals surface area contributed by atoms with Crippen molar-refractivity contribution in [3.8, 4) is 0 Å². The van der Waals surface area contributed by atoms with Gasteiger partial charge in [-0.1, -0.05) is 0 Å². The van der Waals surface area contributed by atoms with Crippen LogP contribution in [0.2, 0.25) is 0 Å². The average molecular weight is 312 g/mol. The van der Waals surface area contributed by atoms with Gasteiger partial charge in [0.15, 0.2) is 0 Å². The molecule has 0 amide bonds. The van der Waals surface area contributed by atoms with Crippen LogP contribution in [0.15, 0.2) is 35.2 Å². The number of aromatic amines is 1. The Balaban J connectivity index is 2.26. The maximum atomic E-state index is 13.3. The lowest BCUT2D eigenvalue weighted by Gasteiger charge is -2.28. The quantitative estimate of drug-likeness (QED) is 0.933. The van der Waals surface area contributed by atoms with E-state index in [9.17, 15) is 4.39 Å². The number of H-pyrrole nitrogens is 1. The van der Waals surface area contributed by atoms with Gasteiger partial charge in [-0.15, -0.1) is 0 Å². The van der Waals surface area contributed by atoms with E-state index in [0.29, 0.717) is 10.5 Å². The van der Waals surface area contributed by atoms with Gasteiger partial charge in [-0.3, -0.25) is 0 Å². The van der Waals surface area contributed by atoms with Crippen LogP contribution in [-0.4, -0.2) is 16.0 Å². The van der Waals surface area contributed by atoms with Crippen LogP contribution in [0.3, 0.4) is 0 Å². The summed E-state index contributed by atoms with van der Waals surface area (Å²) < 4.78 is 13.7. The number of hydrogen-bond acceptors (Lipinski definition) is 2. The van der Waals surface area contributed by atoms with Crippen LogP contribution in [0.1, 0.15) is 19.5 Å². The van der Waals surface area contributed by atoms with Gasteiger partial charge in [0.05, 0.1) is 23.0 Å². The summed E-state index contributed by atoms with van der Waals surface area (Å²) in [5, 5.41) is 0. The van der Waals surface area contributed by atoms with Gasteiger partial charge < -0.3 is 9.88 Å². The number of hydrogen-bond donors (Lipinski definition) is 1. The highest BCUT2D eigenvalue weighted by atomic mass is 79.9. The van der Waals surface area contributed by atoms with E-state index in [1.165, 1.54) is 6.07 Å². The number of anilines is 1. The van der Waals surface area contributed by atoms with Crippen molar-refractivity contribution >= 4 is 21.6 Å². The molecule has 0 bridgehead atoms. The minimum Gasteiger partial charge on any atom is -0.363 e. The molecule has 0 unspecified atom stereocenters. The lowest BCUT2D eigenvalue weighted by Crippen LogP contribution is -2.30. The fourth-order valence-electron chi connectivity index (χ4n) is 1.79. The maximum Gasteiger partial charge on any atom is 0.137 e. The van der Waals surface area contributed by atoms with Crippen molar-refractivity contribution in [1.82, 2.24) is 9.97 Å². The van der Waals surface area contributed by atoms with Crippen molar-refractivity contribution in [2.75, 3.05) is 4.90 Å². The minimum atomic E-state index is -0.246. The molecule has 0 saturated heterocycles. The van der Waals surface area contributed by atoms with Crippen LogP contribution in [0.25, 0.3) is 0 Å². The standard InChI is InChI=1S/C13H15BrFN3/c1-9(2)18(7-10-6-16-8-17-10)11-3-4-13(15)12(14)5-11/h3-6,8-9H,7H2,1-2H3,(H,16,17). The first kappa shape index (κ1) is 13.1. The van der Waals surface area contributed by atoms with Crippen LogP contribution in [0.4, 0.5) is 10.1 Å². The van der Waals surface area contributed by atoms with Gasteiger partial charge in [-0.05, 0) is 48.0 Å². The summed E-state index contributed by atoms with van der Waals surface area (Å²) in [4.78, 5) is 9.27. The molecule has 0 spiro atoms. The zero-order chi connectivity index (χ0) is 13.1. The summed E-state index contributed by atoms with van der Waals surface area (Å²) in [7, 11) is 0. The molecule has 0 atom stereocenters. The fourth-order valence-corrected chi connectivity index (χ4v) is 2.16. The molecule has 0 aliphatic heterocycles. The Hall–Kier alpha value is -1.36. The normalized spacial score (nSPS) is 10.9. The van der Waals surface area contributed by atoms with Crippen molar-refractivity contribution in [3.05, 3.63) is 46.7 Å². The molecular weight excluding hydrogens is 297 g/mol. The number of halogens is 2. The van der Waals surface area contributed by atoms with E-state index in [1.54, 1.807) is 24.7 Å². The summed E-state index contributed by atoms with van der Waals surface area (Å²) in [6.07, 6.45) is 3.46. The second-order valence-corrected chi connectivity index (χ2v) is 5.25. The van der Waals surface area contributed by atoms with E-state index in [4.69, 9.17) is 0 Å². The highest BCUT2D eigenvalue weighted by Gasteiger charge is 2.13. The predicted octanol–water partition coefficient (Wildman–Crippen LogP) is 3.73. The van der Waals surface area contributed by atoms with E-state index < -0.39 is 0 Å². The molecule has 0 aliphatic carbocycles. The summed E-state index contributed by atoms with van der Waals surface area (Å²) in [6.45, 7) is 4.93. The third-order valence-corrected chi connectivity index (χ3v) is 3.36. The lowest BCUT2D eigenvalue weighted by molar-refractivity contribution is 0.618. The van der Waals surface area contributed by atoms with Gasteiger partial charge in [0.2, 0.25) is 0 Å². The highest BCUT2D eigenvalue weighted by molar-refractivity contribution is 9.10. The van der Waals surface area contributed by atoms with Crippen LogP contribution >= 0.6 is 15.9 Å². The average Bonchev–Trinajstić information content (AvgIpc) is 2.82. The van der Waals surface area contributed by atoms with Gasteiger partial charge in [-0.25, -0.2) is 9.37 Å². The smallest absolute Gasteiger partial charge is 0.137 e. The van der Waals surface area contributed by atoms with Gasteiger partial charge in [0.1, 0.15) is 5.82 Å². The van der Waals surface area contributed by atoms with E-state index in [2.05, 4.69) is 44.6 Å². The number of aromatic nitrogens is 2. The molecule has 1 aromatic carbocycles. The van der Waals surface area contributed by atoms with Crippen molar-refractivity contribution in [3.63, 3.8) is 0 Å². The molecule has 18 heavy (non-hydrogen) atoms. The molecule has 1 aromatic heterocycles. The van der Waals surface area contributed by atoms with Crippen LogP contribution in [-0.2, 0) is 6.54 Å². The van der Waals surface area contributed by atoms with E-state index in [-0.39, 0.29) is 5.82 Å². The first-order valence-electron chi connectivity index (χ1n) is 5.77. The van der Waals surface area contributed by atoms with Crippen molar-refractivity contribution < 1.29 is 4.39 Å². The Morgan fingerprint density at radius 2 is 2.22 bits per heavy atom. The Kier molecular flexibility index (Phi) is 4.01. The molecule has 2 rings (SSSR count). The molecule has 1 heterocycles. The Morgan fingerprint density at radius 1 is 1.44 bits per heavy atom. The molecule has 1 N–H and O–H groups in total. The minimum absolute atomic E-state index is 0.246. The number of imidazole rings is 1. The molecular formula is C13H15BrFN3. The zero-order valence-corrected chi connectivity index (χ0v) is 11.9.